The first kappa shape index (κ1) is 31.2. The Bertz CT molecular complexity index is 937. The van der Waals surface area contributed by atoms with Crippen LogP contribution in [-0.4, -0.2) is 70.9 Å². The number of rotatable bonds is 12. The fourth-order valence-corrected chi connectivity index (χ4v) is 4.72. The number of hydrogen-bond acceptors (Lipinski definition) is 6. The van der Waals surface area contributed by atoms with Gasteiger partial charge in [-0.05, 0) is 36.5 Å². The van der Waals surface area contributed by atoms with Crippen LogP contribution in [0.25, 0.3) is 0 Å². The van der Waals surface area contributed by atoms with Crippen molar-refractivity contribution in [3.8, 4) is 0 Å². The average molecular weight is 536 g/mol. The monoisotopic (exact) mass is 535 g/mol. The van der Waals surface area contributed by atoms with Crippen LogP contribution in [-0.2, 0) is 24.0 Å². The molecule has 1 saturated heterocycles. The molecule has 3 unspecified atom stereocenters. The van der Waals surface area contributed by atoms with Crippen molar-refractivity contribution in [1.82, 2.24) is 20.9 Å². The van der Waals surface area contributed by atoms with Gasteiger partial charge in [0.15, 0.2) is 5.78 Å². The molecule has 11 heteroatoms. The molecular weight excluding hydrogens is 490 g/mol. The molecule has 214 valence electrons. The summed E-state index contributed by atoms with van der Waals surface area (Å²) in [5.74, 6) is -3.14. The molecule has 5 N–H and O–H groups in total. The molecule has 0 radical (unpaired) electrons. The van der Waals surface area contributed by atoms with Gasteiger partial charge >= 0.3 is 6.03 Å². The number of amides is 5. The lowest BCUT2D eigenvalue weighted by Crippen LogP contribution is -2.61. The minimum Gasteiger partial charge on any atom is -0.363 e. The fourth-order valence-electron chi connectivity index (χ4n) is 4.72. The highest BCUT2D eigenvalue weighted by molar-refractivity contribution is 6.37. The van der Waals surface area contributed by atoms with Crippen molar-refractivity contribution in [1.29, 1.82) is 0 Å². The molecule has 0 aromatic carbocycles. The molecule has 0 aromatic rings. The van der Waals surface area contributed by atoms with E-state index in [1.165, 1.54) is 4.90 Å². The van der Waals surface area contributed by atoms with Gasteiger partial charge < -0.3 is 26.6 Å². The van der Waals surface area contributed by atoms with Gasteiger partial charge in [-0.2, -0.15) is 0 Å². The third-order valence-corrected chi connectivity index (χ3v) is 7.20. The van der Waals surface area contributed by atoms with Crippen molar-refractivity contribution >= 4 is 35.3 Å². The van der Waals surface area contributed by atoms with Gasteiger partial charge in [-0.1, -0.05) is 61.3 Å². The number of urea groups is 1. The third-order valence-electron chi connectivity index (χ3n) is 7.20. The summed E-state index contributed by atoms with van der Waals surface area (Å²) in [6, 6.07) is -4.18. The maximum Gasteiger partial charge on any atom is 0.316 e. The van der Waals surface area contributed by atoms with Crippen molar-refractivity contribution in [3.05, 3.63) is 0 Å². The molecule has 1 aliphatic carbocycles. The fraction of sp³-hybridized carbons (Fsp3) is 0.778. The first-order chi connectivity index (χ1) is 17.5. The standard InChI is InChI=1S/C27H45N5O6/c1-14(2)19(20(33)15(3)4)30-26(38)31-22(27(5,6)7)25(37)32-12-8-9-18(32)24(36)29-17(13-16-10-11-16)21(34)23(28)35/h14-19,22H,8-13H2,1-7H3,(H2,28,35)(H,29,36)(H2,30,31,38)/t17?,18-,19?,22?/m0/s1. The normalized spacial score (nSPS) is 20.0. The predicted molar refractivity (Wildman–Crippen MR) is 142 cm³/mol. The molecular formula is C27H45N5O6. The Morgan fingerprint density at radius 2 is 1.53 bits per heavy atom. The van der Waals surface area contributed by atoms with Crippen molar-refractivity contribution in [2.45, 2.75) is 105 Å². The molecule has 1 heterocycles. The number of nitrogens with zero attached hydrogens (tertiary/aromatic N) is 1. The van der Waals surface area contributed by atoms with Crippen LogP contribution in [0.5, 0.6) is 0 Å². The number of nitrogens with one attached hydrogen (secondary N) is 3. The molecule has 38 heavy (non-hydrogen) atoms. The van der Waals surface area contributed by atoms with Crippen LogP contribution >= 0.6 is 0 Å². The first-order valence-electron chi connectivity index (χ1n) is 13.6. The molecule has 1 aliphatic heterocycles. The van der Waals surface area contributed by atoms with E-state index in [0.29, 0.717) is 25.8 Å². The smallest absolute Gasteiger partial charge is 0.316 e. The van der Waals surface area contributed by atoms with Gasteiger partial charge in [0.05, 0.1) is 12.1 Å². The van der Waals surface area contributed by atoms with Crippen molar-refractivity contribution in [3.63, 3.8) is 0 Å². The number of likely N-dealkylation sites (tertiary alicyclic amines) is 1. The van der Waals surface area contributed by atoms with Gasteiger partial charge in [0.1, 0.15) is 12.1 Å². The lowest BCUT2D eigenvalue weighted by Gasteiger charge is -2.36. The lowest BCUT2D eigenvalue weighted by molar-refractivity contribution is -0.143. The van der Waals surface area contributed by atoms with E-state index in [0.717, 1.165) is 12.8 Å². The lowest BCUT2D eigenvalue weighted by atomic mass is 9.85. The van der Waals surface area contributed by atoms with Gasteiger partial charge in [-0.3, -0.25) is 24.0 Å². The van der Waals surface area contributed by atoms with Gasteiger partial charge in [-0.25, -0.2) is 4.79 Å². The van der Waals surface area contributed by atoms with Crippen molar-refractivity contribution in [2.75, 3.05) is 6.54 Å². The molecule has 1 saturated carbocycles. The van der Waals surface area contributed by atoms with E-state index in [4.69, 9.17) is 5.73 Å². The first-order valence-corrected chi connectivity index (χ1v) is 13.6. The Kier molecular flexibility index (Phi) is 10.4. The highest BCUT2D eigenvalue weighted by Crippen LogP contribution is 2.34. The second kappa shape index (κ2) is 12.7. The van der Waals surface area contributed by atoms with Crippen LogP contribution in [0.4, 0.5) is 4.79 Å². The Labute approximate surface area is 225 Å². The number of carbonyl (C=O) groups is 6. The largest absolute Gasteiger partial charge is 0.363 e. The van der Waals surface area contributed by atoms with Crippen LogP contribution in [0.2, 0.25) is 0 Å². The summed E-state index contributed by atoms with van der Waals surface area (Å²) in [5, 5.41) is 8.12. The van der Waals surface area contributed by atoms with E-state index in [9.17, 15) is 28.8 Å². The summed E-state index contributed by atoms with van der Waals surface area (Å²) in [7, 11) is 0. The zero-order valence-corrected chi connectivity index (χ0v) is 23.8. The number of primary amides is 1. The van der Waals surface area contributed by atoms with E-state index in [2.05, 4.69) is 16.0 Å². The highest BCUT2D eigenvalue weighted by Gasteiger charge is 2.43. The number of Topliss-reactive ketones (excluding diaryl/α,β-unsaturated/α-hetero) is 2. The van der Waals surface area contributed by atoms with E-state index < -0.39 is 59.1 Å². The van der Waals surface area contributed by atoms with Crippen molar-refractivity contribution in [2.24, 2.45) is 28.9 Å². The second-order valence-corrected chi connectivity index (χ2v) is 12.4. The molecule has 0 aromatic heterocycles. The SMILES string of the molecule is CC(C)C(=O)C(NC(=O)NC(C(=O)N1CCC[C@H]1C(=O)NC(CC1CC1)C(=O)C(N)=O)C(C)(C)C)C(C)C. The Hall–Kier alpha value is -2.98. The second-order valence-electron chi connectivity index (χ2n) is 12.4. The topological polar surface area (TPSA) is 168 Å². The molecule has 0 spiro atoms. The van der Waals surface area contributed by atoms with Crippen LogP contribution in [0.1, 0.15) is 80.6 Å². The molecule has 2 aliphatic rings. The number of ketones is 2. The Morgan fingerprint density at radius 1 is 0.921 bits per heavy atom. The minimum atomic E-state index is -1.10. The van der Waals surface area contributed by atoms with E-state index >= 15 is 0 Å². The molecule has 2 fully saturated rings. The number of carbonyl (C=O) groups excluding carboxylic acids is 6. The zero-order chi connectivity index (χ0) is 28.9. The molecule has 0 bridgehead atoms. The average Bonchev–Trinajstić information content (AvgIpc) is 3.49. The number of nitrogens with two attached hydrogens (primary N) is 1. The van der Waals surface area contributed by atoms with E-state index in [1.54, 1.807) is 34.6 Å². The summed E-state index contributed by atoms with van der Waals surface area (Å²) in [5.41, 5.74) is 4.48. The Morgan fingerprint density at radius 3 is 2.00 bits per heavy atom. The summed E-state index contributed by atoms with van der Waals surface area (Å²) >= 11 is 0. The third kappa shape index (κ3) is 8.26. The van der Waals surface area contributed by atoms with Crippen LogP contribution < -0.4 is 21.7 Å². The molecule has 5 amide bonds. The predicted octanol–water partition coefficient (Wildman–Crippen LogP) is 1.28. The zero-order valence-electron chi connectivity index (χ0n) is 23.8. The summed E-state index contributed by atoms with van der Waals surface area (Å²) in [6.45, 7) is 12.9. The van der Waals surface area contributed by atoms with Crippen LogP contribution in [0.15, 0.2) is 0 Å². The minimum absolute atomic E-state index is 0.101. The van der Waals surface area contributed by atoms with E-state index in [-0.39, 0.29) is 23.5 Å². The van der Waals surface area contributed by atoms with Crippen LogP contribution in [0.3, 0.4) is 0 Å². The van der Waals surface area contributed by atoms with Gasteiger partial charge in [-0.15, -0.1) is 0 Å². The highest BCUT2D eigenvalue weighted by atomic mass is 16.2. The quantitative estimate of drug-likeness (QED) is 0.275. The molecule has 4 atom stereocenters. The summed E-state index contributed by atoms with van der Waals surface area (Å²) in [4.78, 5) is 77.7. The summed E-state index contributed by atoms with van der Waals surface area (Å²) < 4.78 is 0. The van der Waals surface area contributed by atoms with Gasteiger partial charge in [0.25, 0.3) is 5.91 Å². The van der Waals surface area contributed by atoms with Crippen LogP contribution in [0, 0.1) is 23.2 Å². The maximum absolute atomic E-state index is 13.7. The number of hydrogen-bond donors (Lipinski definition) is 4. The maximum atomic E-state index is 13.7. The van der Waals surface area contributed by atoms with E-state index in [1.807, 2.05) is 13.8 Å². The van der Waals surface area contributed by atoms with Crippen molar-refractivity contribution < 1.29 is 28.8 Å². The summed E-state index contributed by atoms with van der Waals surface area (Å²) in [6.07, 6.45) is 3.15. The molecule has 11 nitrogen and oxygen atoms in total. The Balaban J connectivity index is 2.17. The van der Waals surface area contributed by atoms with Gasteiger partial charge in [0, 0.05) is 12.5 Å². The van der Waals surface area contributed by atoms with Gasteiger partial charge in [0.2, 0.25) is 17.6 Å². The molecule has 2 rings (SSSR count).